The first-order valence-corrected chi connectivity index (χ1v) is 11.7. The molecular weight excluding hydrogens is 384 g/mol. The zero-order chi connectivity index (χ0) is 21.9. The molecule has 5 nitrogen and oxygen atoms in total. The fourth-order valence-corrected chi connectivity index (χ4v) is 5.03. The van der Waals surface area contributed by atoms with Gasteiger partial charge in [-0.05, 0) is 75.4 Å². The molecule has 2 atom stereocenters. The molecule has 6 heteroatoms. The van der Waals surface area contributed by atoms with Crippen LogP contribution in [-0.4, -0.2) is 26.6 Å². The Morgan fingerprint density at radius 1 is 1.00 bits per heavy atom. The number of sulfonamides is 1. The van der Waals surface area contributed by atoms with Gasteiger partial charge in [0, 0.05) is 0 Å². The first-order valence-electron chi connectivity index (χ1n) is 9.89. The zero-order valence-electron chi connectivity index (χ0n) is 18.4. The zero-order valence-corrected chi connectivity index (χ0v) is 19.2. The number of carbonyl (C=O) groups excluding carboxylic acids is 1. The van der Waals surface area contributed by atoms with Gasteiger partial charge < -0.3 is 5.32 Å². The molecule has 2 aromatic rings. The molecule has 0 heterocycles. The second-order valence-corrected chi connectivity index (χ2v) is 9.78. The quantitative estimate of drug-likeness (QED) is 0.730. The first kappa shape index (κ1) is 22.9. The van der Waals surface area contributed by atoms with Crippen LogP contribution >= 0.6 is 0 Å². The van der Waals surface area contributed by atoms with Gasteiger partial charge in [0.1, 0.15) is 6.04 Å². The van der Waals surface area contributed by atoms with Crippen LogP contribution in [0, 0.1) is 27.7 Å². The first-order chi connectivity index (χ1) is 13.4. The number of nitrogens with zero attached hydrogens (tertiary/aromatic N) is 1. The van der Waals surface area contributed by atoms with Crippen LogP contribution in [0.1, 0.15) is 54.1 Å². The van der Waals surface area contributed by atoms with E-state index in [2.05, 4.69) is 11.4 Å². The van der Waals surface area contributed by atoms with Crippen LogP contribution < -0.4 is 9.62 Å². The Balaban J connectivity index is 2.38. The summed E-state index contributed by atoms with van der Waals surface area (Å²) in [6, 6.07) is 10.6. The van der Waals surface area contributed by atoms with Crippen LogP contribution in [0.3, 0.4) is 0 Å². The van der Waals surface area contributed by atoms with Gasteiger partial charge in [0.05, 0.1) is 18.0 Å². The Hall–Kier alpha value is -2.34. The van der Waals surface area contributed by atoms with Gasteiger partial charge >= 0.3 is 0 Å². The van der Waals surface area contributed by atoms with Crippen LogP contribution in [0.15, 0.2) is 36.4 Å². The maximum atomic E-state index is 13.2. The summed E-state index contributed by atoms with van der Waals surface area (Å²) in [5, 5.41) is 3.01. The molecule has 29 heavy (non-hydrogen) atoms. The summed E-state index contributed by atoms with van der Waals surface area (Å²) in [6.07, 6.45) is 1.51. The van der Waals surface area contributed by atoms with Gasteiger partial charge in [0.2, 0.25) is 15.9 Å². The normalized spacial score (nSPS) is 13.6. The maximum Gasteiger partial charge on any atom is 0.244 e. The minimum atomic E-state index is -3.65. The molecule has 0 saturated carbocycles. The summed E-state index contributed by atoms with van der Waals surface area (Å²) in [5.74, 6) is -0.301. The van der Waals surface area contributed by atoms with Crippen molar-refractivity contribution in [2.24, 2.45) is 0 Å². The number of hydrogen-bond donors (Lipinski definition) is 1. The third kappa shape index (κ3) is 5.60. The summed E-state index contributed by atoms with van der Waals surface area (Å²) in [4.78, 5) is 13.2. The van der Waals surface area contributed by atoms with Gasteiger partial charge in [-0.1, -0.05) is 36.8 Å². The van der Waals surface area contributed by atoms with Gasteiger partial charge in [0.25, 0.3) is 0 Å². The third-order valence-corrected chi connectivity index (χ3v) is 6.22. The lowest BCUT2D eigenvalue weighted by Crippen LogP contribution is -2.49. The SMILES string of the molecule is CC[C@@H](C(=O)N[C@H](C)c1ccc(C)cc1C)N(c1cc(C)cc(C)c1)S(C)(=O)=O. The number of anilines is 1. The minimum Gasteiger partial charge on any atom is -0.348 e. The van der Waals surface area contributed by atoms with E-state index in [-0.39, 0.29) is 11.9 Å². The lowest BCUT2D eigenvalue weighted by Gasteiger charge is -2.31. The van der Waals surface area contributed by atoms with Gasteiger partial charge in [0.15, 0.2) is 0 Å². The molecule has 0 aromatic heterocycles. The maximum absolute atomic E-state index is 13.2. The molecule has 0 fully saturated rings. The van der Waals surface area contributed by atoms with Crippen LogP contribution in [0.2, 0.25) is 0 Å². The molecule has 158 valence electrons. The predicted molar refractivity (Wildman–Crippen MR) is 120 cm³/mol. The molecule has 0 aliphatic carbocycles. The number of rotatable bonds is 7. The van der Waals surface area contributed by atoms with Crippen molar-refractivity contribution in [2.45, 2.75) is 60.0 Å². The summed E-state index contributed by atoms with van der Waals surface area (Å²) in [6.45, 7) is 11.6. The summed E-state index contributed by atoms with van der Waals surface area (Å²) < 4.78 is 26.6. The van der Waals surface area contributed by atoms with Crippen LogP contribution in [0.5, 0.6) is 0 Å². The Kier molecular flexibility index (Phi) is 7.11. The largest absolute Gasteiger partial charge is 0.348 e. The Bertz CT molecular complexity index is 979. The average Bonchev–Trinajstić information content (AvgIpc) is 2.56. The lowest BCUT2D eigenvalue weighted by atomic mass is 10.00. The van der Waals surface area contributed by atoms with Crippen molar-refractivity contribution >= 4 is 21.6 Å². The van der Waals surface area contributed by atoms with Crippen LogP contribution in [-0.2, 0) is 14.8 Å². The van der Waals surface area contributed by atoms with Crippen molar-refractivity contribution in [3.8, 4) is 0 Å². The highest BCUT2D eigenvalue weighted by Crippen LogP contribution is 2.26. The summed E-state index contributed by atoms with van der Waals surface area (Å²) in [7, 11) is -3.65. The molecule has 1 N–H and O–H groups in total. The van der Waals surface area contributed by atoms with Crippen LogP contribution in [0.4, 0.5) is 5.69 Å². The number of benzene rings is 2. The highest BCUT2D eigenvalue weighted by molar-refractivity contribution is 7.92. The molecule has 2 aromatic carbocycles. The highest BCUT2D eigenvalue weighted by Gasteiger charge is 2.32. The molecule has 0 aliphatic rings. The van der Waals surface area contributed by atoms with E-state index >= 15 is 0 Å². The predicted octanol–water partition coefficient (Wildman–Crippen LogP) is 4.34. The molecule has 2 rings (SSSR count). The van der Waals surface area contributed by atoms with E-state index in [0.717, 1.165) is 34.1 Å². The third-order valence-electron chi connectivity index (χ3n) is 5.04. The van der Waals surface area contributed by atoms with Crippen molar-refractivity contribution in [1.82, 2.24) is 5.32 Å². The second kappa shape index (κ2) is 8.99. The van der Waals surface area contributed by atoms with E-state index < -0.39 is 16.1 Å². The number of hydrogen-bond acceptors (Lipinski definition) is 3. The summed E-state index contributed by atoms with van der Waals surface area (Å²) >= 11 is 0. The van der Waals surface area contributed by atoms with E-state index in [1.165, 1.54) is 4.31 Å². The number of carbonyl (C=O) groups is 1. The van der Waals surface area contributed by atoms with Gasteiger partial charge in [-0.25, -0.2) is 8.42 Å². The standard InChI is InChI=1S/C23H32N2O3S/c1-8-22(23(26)24-19(6)21-10-9-15(2)12-18(21)5)25(29(7,27)28)20-13-16(3)11-17(4)14-20/h9-14,19,22H,8H2,1-7H3,(H,24,26)/t19-,22+/m1/s1. The average molecular weight is 417 g/mol. The van der Waals surface area contributed by atoms with Crippen molar-refractivity contribution < 1.29 is 13.2 Å². The topological polar surface area (TPSA) is 66.5 Å². The van der Waals surface area contributed by atoms with Crippen molar-refractivity contribution in [2.75, 3.05) is 10.6 Å². The van der Waals surface area contributed by atoms with Gasteiger partial charge in [-0.3, -0.25) is 9.10 Å². The monoisotopic (exact) mass is 416 g/mol. The van der Waals surface area contributed by atoms with Crippen molar-refractivity contribution in [3.63, 3.8) is 0 Å². The van der Waals surface area contributed by atoms with Gasteiger partial charge in [-0.2, -0.15) is 0 Å². The lowest BCUT2D eigenvalue weighted by molar-refractivity contribution is -0.122. The number of nitrogens with one attached hydrogen (secondary N) is 1. The fourth-order valence-electron chi connectivity index (χ4n) is 3.84. The van der Waals surface area contributed by atoms with E-state index in [1.807, 2.05) is 59.7 Å². The van der Waals surface area contributed by atoms with E-state index in [4.69, 9.17) is 0 Å². The Morgan fingerprint density at radius 2 is 1.59 bits per heavy atom. The molecule has 0 unspecified atom stereocenters. The van der Waals surface area contributed by atoms with E-state index in [1.54, 1.807) is 12.1 Å². The fraction of sp³-hybridized carbons (Fsp3) is 0.435. The second-order valence-electron chi connectivity index (χ2n) is 7.92. The Labute approximate surface area is 175 Å². The van der Waals surface area contributed by atoms with Crippen LogP contribution in [0.25, 0.3) is 0 Å². The molecule has 0 bridgehead atoms. The summed E-state index contributed by atoms with van der Waals surface area (Å²) in [5.41, 5.74) is 5.71. The molecular formula is C23H32N2O3S. The molecule has 0 spiro atoms. The van der Waals surface area contributed by atoms with Crippen molar-refractivity contribution in [1.29, 1.82) is 0 Å². The molecule has 0 aliphatic heterocycles. The molecule has 0 saturated heterocycles. The number of aryl methyl sites for hydroxylation is 4. The van der Waals surface area contributed by atoms with E-state index in [0.29, 0.717) is 12.1 Å². The molecule has 1 amide bonds. The van der Waals surface area contributed by atoms with Crippen molar-refractivity contribution in [3.05, 3.63) is 64.2 Å². The highest BCUT2D eigenvalue weighted by atomic mass is 32.2. The Morgan fingerprint density at radius 3 is 2.07 bits per heavy atom. The smallest absolute Gasteiger partial charge is 0.244 e. The van der Waals surface area contributed by atoms with Gasteiger partial charge in [-0.15, -0.1) is 0 Å². The molecule has 0 radical (unpaired) electrons. The number of amides is 1. The van der Waals surface area contributed by atoms with E-state index in [9.17, 15) is 13.2 Å². The minimum absolute atomic E-state index is 0.224.